The standard InChI is InChI=1S/C23H26O4/c1-17(2)16-26-22(25)23(19-12-7-4-8-13-19)15-9-14-20(23)27-21(24)18-10-5-3-6-11-18/h3-8,10-13,17,20H,9,14-16H2,1-2H3. The first-order valence-corrected chi connectivity index (χ1v) is 9.53. The van der Waals surface area contributed by atoms with Gasteiger partial charge in [0, 0.05) is 0 Å². The lowest BCUT2D eigenvalue weighted by atomic mass is 9.77. The lowest BCUT2D eigenvalue weighted by Gasteiger charge is -2.33. The third-order valence-electron chi connectivity index (χ3n) is 5.05. The van der Waals surface area contributed by atoms with Gasteiger partial charge in [-0.25, -0.2) is 4.79 Å². The van der Waals surface area contributed by atoms with Crippen molar-refractivity contribution in [3.8, 4) is 0 Å². The van der Waals surface area contributed by atoms with Crippen LogP contribution in [0.5, 0.6) is 0 Å². The molecule has 2 atom stereocenters. The number of rotatable bonds is 6. The van der Waals surface area contributed by atoms with Crippen LogP contribution in [0, 0.1) is 5.92 Å². The van der Waals surface area contributed by atoms with Gasteiger partial charge < -0.3 is 9.47 Å². The second kappa shape index (κ2) is 8.38. The summed E-state index contributed by atoms with van der Waals surface area (Å²) in [4.78, 5) is 25.8. The second-order valence-corrected chi connectivity index (χ2v) is 7.48. The highest BCUT2D eigenvalue weighted by Crippen LogP contribution is 2.44. The number of carbonyl (C=O) groups is 2. The summed E-state index contributed by atoms with van der Waals surface area (Å²) in [5.41, 5.74) is 0.393. The number of ether oxygens (including phenoxy) is 2. The largest absolute Gasteiger partial charge is 0.465 e. The average molecular weight is 366 g/mol. The highest BCUT2D eigenvalue weighted by molar-refractivity contribution is 5.91. The number of carbonyl (C=O) groups excluding carboxylic acids is 2. The Bertz CT molecular complexity index is 769. The molecule has 1 aliphatic carbocycles. The lowest BCUT2D eigenvalue weighted by Crippen LogP contribution is -2.46. The maximum Gasteiger partial charge on any atom is 0.338 e. The molecule has 0 heterocycles. The maximum absolute atomic E-state index is 13.2. The van der Waals surface area contributed by atoms with Crippen LogP contribution in [-0.4, -0.2) is 24.6 Å². The molecule has 4 heteroatoms. The fraction of sp³-hybridized carbons (Fsp3) is 0.391. The van der Waals surface area contributed by atoms with Gasteiger partial charge in [0.05, 0.1) is 12.2 Å². The van der Waals surface area contributed by atoms with Crippen LogP contribution in [0.2, 0.25) is 0 Å². The SMILES string of the molecule is CC(C)COC(=O)C1(c2ccccc2)CCCC1OC(=O)c1ccccc1. The Hall–Kier alpha value is -2.62. The molecule has 0 aromatic heterocycles. The Kier molecular flexibility index (Phi) is 5.94. The van der Waals surface area contributed by atoms with E-state index in [9.17, 15) is 9.59 Å². The van der Waals surface area contributed by atoms with E-state index in [1.54, 1.807) is 24.3 Å². The van der Waals surface area contributed by atoms with Crippen LogP contribution in [0.4, 0.5) is 0 Å². The average Bonchev–Trinajstić information content (AvgIpc) is 3.12. The predicted octanol–water partition coefficient (Wildman–Crippen LogP) is 4.53. The van der Waals surface area contributed by atoms with E-state index >= 15 is 0 Å². The fourth-order valence-electron chi connectivity index (χ4n) is 3.69. The van der Waals surface area contributed by atoms with Crippen LogP contribution in [0.25, 0.3) is 0 Å². The summed E-state index contributed by atoms with van der Waals surface area (Å²) >= 11 is 0. The van der Waals surface area contributed by atoms with Crippen molar-refractivity contribution in [2.24, 2.45) is 5.92 Å². The Labute approximate surface area is 160 Å². The minimum Gasteiger partial charge on any atom is -0.465 e. The molecule has 0 N–H and O–H groups in total. The van der Waals surface area contributed by atoms with Gasteiger partial charge in [0.1, 0.15) is 11.5 Å². The van der Waals surface area contributed by atoms with E-state index in [0.717, 1.165) is 12.0 Å². The van der Waals surface area contributed by atoms with E-state index in [2.05, 4.69) is 0 Å². The van der Waals surface area contributed by atoms with Gasteiger partial charge in [-0.05, 0) is 42.9 Å². The number of benzene rings is 2. The zero-order valence-corrected chi connectivity index (χ0v) is 15.9. The van der Waals surface area contributed by atoms with Crippen LogP contribution in [0.1, 0.15) is 49.0 Å². The van der Waals surface area contributed by atoms with Crippen LogP contribution in [0.3, 0.4) is 0 Å². The van der Waals surface area contributed by atoms with Crippen LogP contribution < -0.4 is 0 Å². The lowest BCUT2D eigenvalue weighted by molar-refractivity contribution is -0.155. The zero-order valence-electron chi connectivity index (χ0n) is 15.9. The van der Waals surface area contributed by atoms with E-state index in [1.807, 2.05) is 50.2 Å². The molecule has 2 aromatic carbocycles. The van der Waals surface area contributed by atoms with Gasteiger partial charge in [-0.2, -0.15) is 0 Å². The van der Waals surface area contributed by atoms with Gasteiger partial charge in [0.2, 0.25) is 0 Å². The quantitative estimate of drug-likeness (QED) is 0.705. The molecule has 27 heavy (non-hydrogen) atoms. The molecular weight excluding hydrogens is 340 g/mol. The Morgan fingerprint density at radius 3 is 2.30 bits per heavy atom. The van der Waals surface area contributed by atoms with E-state index < -0.39 is 17.5 Å². The summed E-state index contributed by atoms with van der Waals surface area (Å²) < 4.78 is 11.5. The first kappa shape index (κ1) is 19.2. The molecule has 0 aliphatic heterocycles. The molecule has 1 saturated carbocycles. The highest BCUT2D eigenvalue weighted by Gasteiger charge is 2.54. The molecule has 0 spiro atoms. The van der Waals surface area contributed by atoms with Crippen molar-refractivity contribution in [3.63, 3.8) is 0 Å². The summed E-state index contributed by atoms with van der Waals surface area (Å²) in [6.07, 6.45) is 1.52. The second-order valence-electron chi connectivity index (χ2n) is 7.48. The Morgan fingerprint density at radius 2 is 1.67 bits per heavy atom. The molecule has 2 unspecified atom stereocenters. The van der Waals surface area contributed by atoms with E-state index in [-0.39, 0.29) is 11.9 Å². The highest BCUT2D eigenvalue weighted by atomic mass is 16.6. The van der Waals surface area contributed by atoms with Gasteiger partial charge >= 0.3 is 11.9 Å². The van der Waals surface area contributed by atoms with Crippen LogP contribution in [0.15, 0.2) is 60.7 Å². The summed E-state index contributed by atoms with van der Waals surface area (Å²) in [5.74, 6) is -0.460. The molecule has 3 rings (SSSR count). The van der Waals surface area contributed by atoms with Gasteiger partial charge in [-0.3, -0.25) is 4.79 Å². The summed E-state index contributed by atoms with van der Waals surface area (Å²) in [7, 11) is 0. The van der Waals surface area contributed by atoms with Gasteiger partial charge in [-0.1, -0.05) is 62.4 Å². The van der Waals surface area contributed by atoms with E-state index in [4.69, 9.17) is 9.47 Å². The zero-order chi connectivity index (χ0) is 19.3. The van der Waals surface area contributed by atoms with Crippen molar-refractivity contribution in [3.05, 3.63) is 71.8 Å². The third-order valence-corrected chi connectivity index (χ3v) is 5.05. The predicted molar refractivity (Wildman–Crippen MR) is 103 cm³/mol. The third kappa shape index (κ3) is 4.05. The van der Waals surface area contributed by atoms with Crippen molar-refractivity contribution in [2.45, 2.75) is 44.6 Å². The van der Waals surface area contributed by atoms with Gasteiger partial charge in [0.15, 0.2) is 0 Å². The molecule has 0 radical (unpaired) electrons. The Balaban J connectivity index is 1.91. The van der Waals surface area contributed by atoms with Crippen molar-refractivity contribution in [1.82, 2.24) is 0 Å². The van der Waals surface area contributed by atoms with Crippen molar-refractivity contribution in [2.75, 3.05) is 6.61 Å². The van der Waals surface area contributed by atoms with Crippen molar-refractivity contribution >= 4 is 11.9 Å². The first-order valence-electron chi connectivity index (χ1n) is 9.53. The molecule has 1 aliphatic rings. The molecule has 1 fully saturated rings. The van der Waals surface area contributed by atoms with Gasteiger partial charge in [0.25, 0.3) is 0 Å². The normalized spacial score (nSPS) is 21.8. The monoisotopic (exact) mass is 366 g/mol. The van der Waals surface area contributed by atoms with Crippen LogP contribution in [-0.2, 0) is 19.7 Å². The molecule has 142 valence electrons. The molecular formula is C23H26O4. The summed E-state index contributed by atoms with van der Waals surface area (Å²) in [5, 5.41) is 0. The van der Waals surface area contributed by atoms with E-state index in [0.29, 0.717) is 25.0 Å². The van der Waals surface area contributed by atoms with Gasteiger partial charge in [-0.15, -0.1) is 0 Å². The number of hydrogen-bond donors (Lipinski definition) is 0. The Morgan fingerprint density at radius 1 is 1.04 bits per heavy atom. The van der Waals surface area contributed by atoms with E-state index in [1.165, 1.54) is 0 Å². The molecule has 0 amide bonds. The topological polar surface area (TPSA) is 52.6 Å². The number of hydrogen-bond acceptors (Lipinski definition) is 4. The molecule has 0 bridgehead atoms. The van der Waals surface area contributed by atoms with Crippen molar-refractivity contribution in [1.29, 1.82) is 0 Å². The minimum absolute atomic E-state index is 0.244. The molecule has 0 saturated heterocycles. The molecule has 4 nitrogen and oxygen atoms in total. The fourth-order valence-corrected chi connectivity index (χ4v) is 3.69. The maximum atomic E-state index is 13.2. The summed E-state index contributed by atoms with van der Waals surface area (Å²) in [6, 6.07) is 18.5. The summed E-state index contributed by atoms with van der Waals surface area (Å²) in [6.45, 7) is 4.36. The van der Waals surface area contributed by atoms with Crippen molar-refractivity contribution < 1.29 is 19.1 Å². The first-order chi connectivity index (χ1) is 13.0. The molecule has 2 aromatic rings. The minimum atomic E-state index is -0.944. The van der Waals surface area contributed by atoms with Crippen LogP contribution >= 0.6 is 0 Å². The number of esters is 2. The smallest absolute Gasteiger partial charge is 0.338 e.